The topological polar surface area (TPSA) is 71.6 Å². The van der Waals surface area contributed by atoms with E-state index in [-0.39, 0.29) is 16.6 Å². The number of nitrogens with zero attached hydrogens (tertiary/aromatic N) is 4. The van der Waals surface area contributed by atoms with E-state index in [0.29, 0.717) is 18.1 Å². The third-order valence-corrected chi connectivity index (χ3v) is 3.00. The summed E-state index contributed by atoms with van der Waals surface area (Å²) >= 11 is 5.84. The first kappa shape index (κ1) is 14.2. The van der Waals surface area contributed by atoms with Gasteiger partial charge in [-0.15, -0.1) is 0 Å². The van der Waals surface area contributed by atoms with Gasteiger partial charge in [-0.2, -0.15) is 5.26 Å². The van der Waals surface area contributed by atoms with Crippen LogP contribution in [0, 0.1) is 11.3 Å². The fraction of sp³-hybridized carbons (Fsp3) is 0.286. The van der Waals surface area contributed by atoms with Crippen molar-refractivity contribution in [2.75, 3.05) is 0 Å². The zero-order chi connectivity index (χ0) is 14.7. The first-order chi connectivity index (χ1) is 9.51. The van der Waals surface area contributed by atoms with Crippen LogP contribution in [-0.2, 0) is 6.54 Å². The van der Waals surface area contributed by atoms with Crippen LogP contribution in [0.1, 0.15) is 36.8 Å². The van der Waals surface area contributed by atoms with E-state index < -0.39 is 0 Å². The minimum atomic E-state index is -0.205. The molecular formula is C14H13ClN4O. The normalized spacial score (nSPS) is 10.6. The average molecular weight is 289 g/mol. The highest BCUT2D eigenvalue weighted by Crippen LogP contribution is 2.14. The van der Waals surface area contributed by atoms with Gasteiger partial charge in [0.1, 0.15) is 22.7 Å². The smallest absolute Gasteiger partial charge is 0.255 e. The molecule has 102 valence electrons. The van der Waals surface area contributed by atoms with Gasteiger partial charge in [-0.25, -0.2) is 9.97 Å². The van der Waals surface area contributed by atoms with Crippen LogP contribution >= 0.6 is 11.6 Å². The van der Waals surface area contributed by atoms with Gasteiger partial charge in [-0.05, 0) is 17.7 Å². The number of nitriles is 1. The number of hydrogen-bond donors (Lipinski definition) is 0. The molecule has 0 aromatic carbocycles. The van der Waals surface area contributed by atoms with E-state index in [4.69, 9.17) is 16.9 Å². The molecule has 0 saturated carbocycles. The molecule has 0 fully saturated rings. The minimum Gasteiger partial charge on any atom is -0.292 e. The molecule has 0 aliphatic rings. The van der Waals surface area contributed by atoms with Crippen molar-refractivity contribution in [2.45, 2.75) is 26.3 Å². The number of halogens is 1. The SMILES string of the molecule is CC(C)c1nc(Cl)cc(=O)n1Cc1ccnc(C#N)c1. The Kier molecular flexibility index (Phi) is 4.16. The summed E-state index contributed by atoms with van der Waals surface area (Å²) in [5.74, 6) is 0.691. The Balaban J connectivity index is 2.48. The van der Waals surface area contributed by atoms with Crippen LogP contribution in [0.5, 0.6) is 0 Å². The maximum Gasteiger partial charge on any atom is 0.255 e. The van der Waals surface area contributed by atoms with Crippen LogP contribution in [0.2, 0.25) is 5.15 Å². The Labute approximate surface area is 121 Å². The number of pyridine rings is 1. The van der Waals surface area contributed by atoms with Gasteiger partial charge in [0.2, 0.25) is 0 Å². The van der Waals surface area contributed by atoms with Crippen molar-refractivity contribution in [1.82, 2.24) is 14.5 Å². The lowest BCUT2D eigenvalue weighted by molar-refractivity contribution is 0.624. The highest BCUT2D eigenvalue weighted by Gasteiger charge is 2.12. The van der Waals surface area contributed by atoms with Crippen LogP contribution in [0.25, 0.3) is 0 Å². The Morgan fingerprint density at radius 2 is 2.20 bits per heavy atom. The van der Waals surface area contributed by atoms with Gasteiger partial charge < -0.3 is 0 Å². The summed E-state index contributed by atoms with van der Waals surface area (Å²) in [6.07, 6.45) is 1.55. The molecule has 2 aromatic heterocycles. The molecule has 0 atom stereocenters. The van der Waals surface area contributed by atoms with E-state index in [9.17, 15) is 4.79 Å². The quantitative estimate of drug-likeness (QED) is 0.813. The fourth-order valence-electron chi connectivity index (χ4n) is 1.91. The summed E-state index contributed by atoms with van der Waals surface area (Å²) in [6.45, 7) is 4.23. The van der Waals surface area contributed by atoms with Crippen LogP contribution in [0.3, 0.4) is 0 Å². The first-order valence-corrected chi connectivity index (χ1v) is 6.51. The minimum absolute atomic E-state index is 0.0682. The van der Waals surface area contributed by atoms with Crippen molar-refractivity contribution in [2.24, 2.45) is 0 Å². The molecule has 0 N–H and O–H groups in total. The van der Waals surface area contributed by atoms with Gasteiger partial charge in [0.15, 0.2) is 0 Å². The molecule has 20 heavy (non-hydrogen) atoms. The van der Waals surface area contributed by atoms with Crippen molar-refractivity contribution in [3.63, 3.8) is 0 Å². The van der Waals surface area contributed by atoms with Crippen LogP contribution in [0.15, 0.2) is 29.2 Å². The van der Waals surface area contributed by atoms with Crippen molar-refractivity contribution in [3.05, 3.63) is 57.0 Å². The summed E-state index contributed by atoms with van der Waals surface area (Å²) in [4.78, 5) is 20.2. The van der Waals surface area contributed by atoms with Crippen molar-refractivity contribution in [3.8, 4) is 6.07 Å². The maximum absolute atomic E-state index is 12.1. The molecule has 2 aromatic rings. The van der Waals surface area contributed by atoms with Crippen LogP contribution in [0.4, 0.5) is 0 Å². The molecule has 6 heteroatoms. The van der Waals surface area contributed by atoms with Crippen molar-refractivity contribution in [1.29, 1.82) is 5.26 Å². The Hall–Kier alpha value is -2.19. The molecular weight excluding hydrogens is 276 g/mol. The molecule has 0 aliphatic heterocycles. The highest BCUT2D eigenvalue weighted by molar-refractivity contribution is 6.29. The molecule has 0 saturated heterocycles. The summed E-state index contributed by atoms with van der Waals surface area (Å²) < 4.78 is 1.56. The van der Waals surface area contributed by atoms with Gasteiger partial charge in [0.05, 0.1) is 6.54 Å². The zero-order valence-corrected chi connectivity index (χ0v) is 11.9. The lowest BCUT2D eigenvalue weighted by atomic mass is 10.2. The molecule has 2 rings (SSSR count). The van der Waals surface area contributed by atoms with Crippen molar-refractivity contribution < 1.29 is 0 Å². The molecule has 5 nitrogen and oxygen atoms in total. The van der Waals surface area contributed by atoms with E-state index in [2.05, 4.69) is 9.97 Å². The Bertz CT molecular complexity index is 731. The largest absolute Gasteiger partial charge is 0.292 e. The maximum atomic E-state index is 12.1. The second kappa shape index (κ2) is 5.85. The molecule has 0 aliphatic carbocycles. The number of hydrogen-bond acceptors (Lipinski definition) is 4. The van der Waals surface area contributed by atoms with Crippen LogP contribution < -0.4 is 5.56 Å². The first-order valence-electron chi connectivity index (χ1n) is 6.13. The predicted molar refractivity (Wildman–Crippen MR) is 75.7 cm³/mol. The third-order valence-electron chi connectivity index (χ3n) is 2.80. The number of aromatic nitrogens is 3. The van der Waals surface area contributed by atoms with E-state index in [1.807, 2.05) is 19.9 Å². The molecule has 0 amide bonds. The Morgan fingerprint density at radius 3 is 2.85 bits per heavy atom. The van der Waals surface area contributed by atoms with Gasteiger partial charge in [-0.1, -0.05) is 25.4 Å². The van der Waals surface area contributed by atoms with Crippen LogP contribution in [-0.4, -0.2) is 14.5 Å². The molecule has 0 spiro atoms. The highest BCUT2D eigenvalue weighted by atomic mass is 35.5. The second-order valence-corrected chi connectivity index (χ2v) is 5.06. The molecule has 0 bridgehead atoms. The average Bonchev–Trinajstić information content (AvgIpc) is 2.41. The van der Waals surface area contributed by atoms with Gasteiger partial charge >= 0.3 is 0 Å². The second-order valence-electron chi connectivity index (χ2n) is 4.68. The molecule has 2 heterocycles. The summed E-state index contributed by atoms with van der Waals surface area (Å²) in [5, 5.41) is 9.05. The van der Waals surface area contributed by atoms with E-state index in [1.165, 1.54) is 6.07 Å². The predicted octanol–water partition coefficient (Wildman–Crippen LogP) is 2.34. The third kappa shape index (κ3) is 3.03. The van der Waals surface area contributed by atoms with E-state index in [0.717, 1.165) is 5.56 Å². The number of rotatable bonds is 3. The van der Waals surface area contributed by atoms with Gasteiger partial charge in [0.25, 0.3) is 5.56 Å². The lowest BCUT2D eigenvalue weighted by Crippen LogP contribution is -2.25. The summed E-state index contributed by atoms with van der Waals surface area (Å²) in [7, 11) is 0. The standard InChI is InChI=1S/C14H13ClN4O/c1-9(2)14-18-12(15)6-13(20)19(14)8-10-3-4-17-11(5-10)7-16/h3-6,9H,8H2,1-2H3. The van der Waals surface area contributed by atoms with E-state index in [1.54, 1.807) is 22.9 Å². The zero-order valence-electron chi connectivity index (χ0n) is 11.2. The van der Waals surface area contributed by atoms with Gasteiger partial charge in [-0.3, -0.25) is 9.36 Å². The lowest BCUT2D eigenvalue weighted by Gasteiger charge is -2.14. The summed E-state index contributed by atoms with van der Waals surface area (Å²) in [6, 6.07) is 6.70. The van der Waals surface area contributed by atoms with Gasteiger partial charge in [0, 0.05) is 18.2 Å². The van der Waals surface area contributed by atoms with E-state index >= 15 is 0 Å². The molecule has 0 radical (unpaired) electrons. The molecule has 0 unspecified atom stereocenters. The monoisotopic (exact) mass is 288 g/mol. The fourth-order valence-corrected chi connectivity index (χ4v) is 2.09. The summed E-state index contributed by atoms with van der Waals surface area (Å²) in [5.41, 5.74) is 0.942. The van der Waals surface area contributed by atoms with Crippen molar-refractivity contribution >= 4 is 11.6 Å². The Morgan fingerprint density at radius 1 is 1.45 bits per heavy atom.